The van der Waals surface area contributed by atoms with Crippen LogP contribution in [0, 0.1) is 11.3 Å². The van der Waals surface area contributed by atoms with Gasteiger partial charge in [0, 0.05) is 30.7 Å². The second-order valence-electron chi connectivity index (χ2n) is 16.9. The molecular weight excluding hydrogens is 970 g/mol. The first kappa shape index (κ1) is 58.8. The van der Waals surface area contributed by atoms with Crippen molar-refractivity contribution >= 4 is 69.1 Å². The molecule has 0 radical (unpaired) electrons. The van der Waals surface area contributed by atoms with E-state index in [1.807, 2.05) is 0 Å². The van der Waals surface area contributed by atoms with Crippen molar-refractivity contribution in [1.82, 2.24) is 30.2 Å². The van der Waals surface area contributed by atoms with E-state index in [0.29, 0.717) is 6.42 Å². The fourth-order valence-electron chi connectivity index (χ4n) is 6.81. The Kier molecular flexibility index (Phi) is 24.4. The maximum absolute atomic E-state index is 14.7. The maximum atomic E-state index is 14.7. The summed E-state index contributed by atoms with van der Waals surface area (Å²) in [5.41, 5.74) is 4.24. The maximum Gasteiger partial charge on any atom is 0.481 e. The van der Waals surface area contributed by atoms with E-state index in [0.717, 1.165) is 54.7 Å². The Balaban J connectivity index is 1.35. The molecule has 2 aromatic heterocycles. The molecule has 1 saturated heterocycles. The van der Waals surface area contributed by atoms with Crippen LogP contribution in [0.4, 0.5) is 10.2 Å². The van der Waals surface area contributed by atoms with Gasteiger partial charge in [-0.15, -0.1) is 0 Å². The summed E-state index contributed by atoms with van der Waals surface area (Å²) < 4.78 is 77.1. The van der Waals surface area contributed by atoms with E-state index < -0.39 is 96.6 Å². The molecule has 0 aliphatic carbocycles. The summed E-state index contributed by atoms with van der Waals surface area (Å²) in [6.45, 7) is 4.07. The number of halogens is 1. The van der Waals surface area contributed by atoms with Crippen LogP contribution >= 0.6 is 35.2 Å². The number of nitrogen functional groups attached to an aromatic ring is 1. The van der Waals surface area contributed by atoms with Crippen molar-refractivity contribution in [3.8, 4) is 0 Å². The molecule has 9 atom stereocenters. The van der Waals surface area contributed by atoms with Gasteiger partial charge in [0.2, 0.25) is 11.8 Å². The van der Waals surface area contributed by atoms with Crippen LogP contribution in [0.25, 0.3) is 11.2 Å². The molecule has 1 aliphatic rings. The van der Waals surface area contributed by atoms with Gasteiger partial charge >= 0.3 is 23.5 Å². The van der Waals surface area contributed by atoms with E-state index in [1.165, 1.54) is 58.8 Å². The number of nitrogens with two attached hydrogens (primary N) is 1. The Morgan fingerprint density at radius 2 is 1.55 bits per heavy atom. The third kappa shape index (κ3) is 20.4. The number of anilines is 1. The Morgan fingerprint density at radius 3 is 2.18 bits per heavy atom. The molecule has 3 rings (SSSR count). The zero-order chi connectivity index (χ0) is 50.0. The number of thioether (sulfide) groups is 1. The Bertz CT molecular complexity index is 2040. The van der Waals surface area contributed by atoms with E-state index in [1.54, 1.807) is 6.92 Å². The first-order valence-corrected chi connectivity index (χ1v) is 27.6. The highest BCUT2D eigenvalue weighted by Gasteiger charge is 2.50. The number of hydrogen-bond acceptors (Lipinski definition) is 18. The van der Waals surface area contributed by atoms with Crippen LogP contribution < -0.4 is 16.4 Å². The van der Waals surface area contributed by atoms with Crippen LogP contribution in [0.5, 0.6) is 0 Å². The van der Waals surface area contributed by atoms with Gasteiger partial charge in [-0.05, 0) is 6.42 Å². The number of nitrogens with one attached hydrogen (secondary N) is 2. The molecule has 0 saturated carbocycles. The number of phosphoric acid groups is 3. The second kappa shape index (κ2) is 27.8. The number of fused-ring (bicyclic) bond motifs is 1. The van der Waals surface area contributed by atoms with Gasteiger partial charge in [0.15, 0.2) is 22.8 Å². The highest BCUT2D eigenvalue weighted by Crippen LogP contribution is 2.61. The second-order valence-corrected chi connectivity index (χ2v) is 22.2. The van der Waals surface area contributed by atoms with Crippen LogP contribution in [0.15, 0.2) is 12.7 Å². The summed E-state index contributed by atoms with van der Waals surface area (Å²) in [4.78, 5) is 88.7. The van der Waals surface area contributed by atoms with Crippen LogP contribution in [0.1, 0.15) is 117 Å². The summed E-state index contributed by atoms with van der Waals surface area (Å²) in [6.07, 6.45) is 4.71. The molecule has 29 heteroatoms. The van der Waals surface area contributed by atoms with Gasteiger partial charge in [0.1, 0.15) is 42.4 Å². The number of ether oxygens (including phenoxy) is 1. The first-order chi connectivity index (χ1) is 31.4. The minimum Gasteiger partial charge on any atom is -0.386 e. The molecule has 1 fully saturated rings. The summed E-state index contributed by atoms with van der Waals surface area (Å²) in [5.74, 6) is -2.10. The largest absolute Gasteiger partial charge is 0.481 e. The van der Waals surface area contributed by atoms with Gasteiger partial charge in [0.05, 0.1) is 25.5 Å². The molecule has 1 aliphatic heterocycles. The molecule has 384 valence electrons. The summed E-state index contributed by atoms with van der Waals surface area (Å²) in [6, 6.07) is 0. The highest BCUT2D eigenvalue weighted by atomic mass is 32.2. The smallest absolute Gasteiger partial charge is 0.386 e. The standard InChI is InChI=1S/C38H67FN7O17P3S/c1-5-6-7-8-9-10-11-12-13-14-15-16-26(39)25(2)37(51)67-20-19-41-28(47)17-18-42-35(50)32(49)38(3,4)22-60-66(57,58)63-65(55,56)59-21-27-31(62-64(52,53)54)30(48)36(61-27)46-24-45-29-33(40)43-23-44-34(29)46/h23-27,30-32,36,48-49H,5-22H2,1-4H3,(H,41,47)(H,42,50)(H,55,56)(H,57,58)(H2,40,43,44)(H2,52,53,54)/t25-,26-,27+,30+,31+,32-,36+/m0/s1. The van der Waals surface area contributed by atoms with Gasteiger partial charge in [0.25, 0.3) is 0 Å². The van der Waals surface area contributed by atoms with E-state index in [9.17, 15) is 62.3 Å². The van der Waals surface area contributed by atoms with Crippen LogP contribution in [0.3, 0.4) is 0 Å². The van der Waals surface area contributed by atoms with E-state index in [-0.39, 0.29) is 47.4 Å². The van der Waals surface area contributed by atoms with Crippen molar-refractivity contribution in [1.29, 1.82) is 0 Å². The molecule has 2 aromatic rings. The van der Waals surface area contributed by atoms with Gasteiger partial charge in [-0.2, -0.15) is 4.31 Å². The number of aromatic nitrogens is 4. The quantitative estimate of drug-likeness (QED) is 0.0354. The Hall–Kier alpha value is -2.51. The third-order valence-corrected chi connectivity index (χ3v) is 14.9. The van der Waals surface area contributed by atoms with Crippen molar-refractivity contribution in [2.24, 2.45) is 11.3 Å². The lowest BCUT2D eigenvalue weighted by Crippen LogP contribution is -2.46. The van der Waals surface area contributed by atoms with Crippen molar-refractivity contribution in [2.75, 3.05) is 37.8 Å². The minimum atomic E-state index is -5.59. The molecular formula is C38H67FN7O17P3S. The SMILES string of the molecule is CCCCCCCCCCCCC[C@H](F)[C@H](C)C(=O)SCCNC(=O)CCNC(=O)[C@H](O)C(C)(C)COP(=O)(O)OP(=O)(O)OC[C@H]1O[C@@H](n2cnc3c(N)ncnc32)[C@H](O)[C@@H]1OP(=O)(O)O. The number of aliphatic hydroxyl groups is 2. The number of hydrogen-bond donors (Lipinski definition) is 9. The molecule has 0 spiro atoms. The van der Waals surface area contributed by atoms with Gasteiger partial charge in [-0.1, -0.05) is 110 Å². The molecule has 10 N–H and O–H groups in total. The van der Waals surface area contributed by atoms with Crippen LogP contribution in [0.2, 0.25) is 0 Å². The van der Waals surface area contributed by atoms with Gasteiger partial charge < -0.3 is 50.9 Å². The third-order valence-electron chi connectivity index (χ3n) is 10.7. The number of carbonyl (C=O) groups is 3. The molecule has 0 bridgehead atoms. The summed E-state index contributed by atoms with van der Waals surface area (Å²) >= 11 is 0.926. The number of nitrogens with zero attached hydrogens (tertiary/aromatic N) is 4. The van der Waals surface area contributed by atoms with E-state index in [2.05, 4.69) is 41.3 Å². The van der Waals surface area contributed by atoms with Crippen molar-refractivity contribution in [2.45, 2.75) is 148 Å². The molecule has 2 unspecified atom stereocenters. The van der Waals surface area contributed by atoms with Gasteiger partial charge in [-0.3, -0.25) is 32.5 Å². The number of phosphoric ester groups is 3. The first-order valence-electron chi connectivity index (χ1n) is 22.1. The molecule has 3 heterocycles. The van der Waals surface area contributed by atoms with E-state index in [4.69, 9.17) is 19.5 Å². The fourth-order valence-corrected chi connectivity index (χ4v) is 10.5. The number of rotatable bonds is 33. The predicted molar refractivity (Wildman–Crippen MR) is 242 cm³/mol. The molecule has 0 aromatic carbocycles. The summed E-state index contributed by atoms with van der Waals surface area (Å²) in [7, 11) is -16.5. The average Bonchev–Trinajstić information content (AvgIpc) is 3.81. The highest BCUT2D eigenvalue weighted by molar-refractivity contribution is 8.13. The normalized spacial score (nSPS) is 21.1. The van der Waals surface area contributed by atoms with Crippen LogP contribution in [-0.2, 0) is 50.7 Å². The number of alkyl halides is 1. The molecule has 67 heavy (non-hydrogen) atoms. The van der Waals surface area contributed by atoms with Crippen molar-refractivity contribution in [3.63, 3.8) is 0 Å². The number of unbranched alkanes of at least 4 members (excludes halogenated alkanes) is 10. The predicted octanol–water partition coefficient (Wildman–Crippen LogP) is 4.34. The number of amides is 2. The Morgan fingerprint density at radius 1 is 0.940 bits per heavy atom. The lowest BCUT2D eigenvalue weighted by atomic mass is 9.87. The van der Waals surface area contributed by atoms with Gasteiger partial charge in [-0.25, -0.2) is 33.0 Å². The van der Waals surface area contributed by atoms with Crippen LogP contribution in [-0.4, -0.2) is 129 Å². The Labute approximate surface area is 392 Å². The fraction of sp³-hybridized carbons (Fsp3) is 0.789. The molecule has 2 amide bonds. The van der Waals surface area contributed by atoms with Crippen molar-refractivity contribution < 1.29 is 84.9 Å². The molecule has 24 nitrogen and oxygen atoms in total. The monoisotopic (exact) mass is 1040 g/mol. The topological polar surface area (TPSA) is 364 Å². The average molecular weight is 1040 g/mol. The lowest BCUT2D eigenvalue weighted by molar-refractivity contribution is -0.137. The minimum absolute atomic E-state index is 0.0251. The van der Waals surface area contributed by atoms with Crippen molar-refractivity contribution in [3.05, 3.63) is 12.7 Å². The summed E-state index contributed by atoms with van der Waals surface area (Å²) in [5, 5.41) is 26.2. The van der Waals surface area contributed by atoms with E-state index >= 15 is 0 Å². The number of carbonyl (C=O) groups excluding carboxylic acids is 3. The zero-order valence-corrected chi connectivity index (χ0v) is 41.6. The number of imidazole rings is 1. The lowest BCUT2D eigenvalue weighted by Gasteiger charge is -2.30. The zero-order valence-electron chi connectivity index (χ0n) is 38.1. The number of aliphatic hydroxyl groups excluding tert-OH is 2.